The van der Waals surface area contributed by atoms with E-state index in [0.29, 0.717) is 5.75 Å². The molecule has 4 N–H and O–H groups in total. The first kappa shape index (κ1) is 12.0. The van der Waals surface area contributed by atoms with Crippen molar-refractivity contribution in [1.29, 1.82) is 0 Å². The Labute approximate surface area is 89.3 Å². The molecule has 0 spiro atoms. The average Bonchev–Trinajstić information content (AvgIpc) is 2.27. The number of rotatable bonds is 6. The van der Waals surface area contributed by atoms with Gasteiger partial charge in [0.2, 0.25) is 0 Å². The topological polar surface area (TPSA) is 75.7 Å². The number of benzene rings is 1. The van der Waals surface area contributed by atoms with Crippen molar-refractivity contribution in [2.24, 2.45) is 5.73 Å². The van der Waals surface area contributed by atoms with Crippen LogP contribution in [-0.2, 0) is 0 Å². The molecule has 0 bridgehead atoms. The van der Waals surface area contributed by atoms with Gasteiger partial charge >= 0.3 is 0 Å². The Morgan fingerprint density at radius 1 is 1.13 bits per heavy atom. The number of aliphatic hydroxyl groups excluding tert-OH is 2. The number of nitrogens with two attached hydrogens (primary N) is 1. The first-order valence-electron chi connectivity index (χ1n) is 4.96. The molecule has 0 heterocycles. The van der Waals surface area contributed by atoms with Crippen LogP contribution in [0.3, 0.4) is 0 Å². The van der Waals surface area contributed by atoms with Gasteiger partial charge in [-0.1, -0.05) is 18.2 Å². The van der Waals surface area contributed by atoms with E-state index in [2.05, 4.69) is 0 Å². The number of hydrogen-bond acceptors (Lipinski definition) is 4. The van der Waals surface area contributed by atoms with Crippen LogP contribution >= 0.6 is 0 Å². The largest absolute Gasteiger partial charge is 0.491 e. The second-order valence-electron chi connectivity index (χ2n) is 3.40. The molecule has 0 aliphatic carbocycles. The van der Waals surface area contributed by atoms with E-state index >= 15 is 0 Å². The molecule has 15 heavy (non-hydrogen) atoms. The number of ether oxygens (including phenoxy) is 1. The predicted octanol–water partition coefficient (Wildman–Crippen LogP) is 0.136. The second kappa shape index (κ2) is 6.40. The number of aliphatic hydroxyl groups is 2. The fraction of sp³-hybridized carbons (Fsp3) is 0.455. The highest BCUT2D eigenvalue weighted by Gasteiger charge is 2.10. The molecule has 4 heteroatoms. The first-order valence-corrected chi connectivity index (χ1v) is 4.96. The Bertz CT molecular complexity index is 266. The third-order valence-corrected chi connectivity index (χ3v) is 2.00. The molecule has 0 aliphatic heterocycles. The van der Waals surface area contributed by atoms with Crippen molar-refractivity contribution in [2.45, 2.75) is 18.6 Å². The molecule has 1 rings (SSSR count). The first-order chi connectivity index (χ1) is 7.22. The number of hydrogen-bond donors (Lipinski definition) is 3. The molecular weight excluding hydrogens is 194 g/mol. The van der Waals surface area contributed by atoms with E-state index in [1.807, 2.05) is 30.3 Å². The fourth-order valence-electron chi connectivity index (χ4n) is 1.19. The zero-order valence-corrected chi connectivity index (χ0v) is 8.54. The second-order valence-corrected chi connectivity index (χ2v) is 3.40. The minimum Gasteiger partial charge on any atom is -0.491 e. The van der Waals surface area contributed by atoms with E-state index in [9.17, 15) is 10.2 Å². The lowest BCUT2D eigenvalue weighted by molar-refractivity contribution is 0.0522. The van der Waals surface area contributed by atoms with Crippen LogP contribution in [0.2, 0.25) is 0 Å². The lowest BCUT2D eigenvalue weighted by atomic mass is 10.2. The third kappa shape index (κ3) is 4.78. The van der Waals surface area contributed by atoms with Crippen molar-refractivity contribution in [3.8, 4) is 5.75 Å². The van der Waals surface area contributed by atoms with Gasteiger partial charge < -0.3 is 20.7 Å². The van der Waals surface area contributed by atoms with E-state index < -0.39 is 12.2 Å². The van der Waals surface area contributed by atoms with Crippen LogP contribution in [0, 0.1) is 0 Å². The Kier molecular flexibility index (Phi) is 5.10. The standard InChI is InChI=1S/C11H17NO3/c12-7-9(13)6-10(14)8-15-11-4-2-1-3-5-11/h1-5,9-10,13-14H,6-8,12H2. The van der Waals surface area contributed by atoms with Gasteiger partial charge in [-0.25, -0.2) is 0 Å². The van der Waals surface area contributed by atoms with Crippen molar-refractivity contribution in [3.05, 3.63) is 30.3 Å². The summed E-state index contributed by atoms with van der Waals surface area (Å²) >= 11 is 0. The molecule has 0 fully saturated rings. The Hall–Kier alpha value is -1.10. The van der Waals surface area contributed by atoms with E-state index in [1.165, 1.54) is 0 Å². The van der Waals surface area contributed by atoms with Crippen molar-refractivity contribution < 1.29 is 14.9 Å². The zero-order valence-electron chi connectivity index (χ0n) is 8.54. The summed E-state index contributed by atoms with van der Waals surface area (Å²) < 4.78 is 5.31. The molecule has 0 aromatic heterocycles. The summed E-state index contributed by atoms with van der Waals surface area (Å²) in [6.07, 6.45) is -1.12. The molecule has 0 aliphatic rings. The highest BCUT2D eigenvalue weighted by molar-refractivity contribution is 5.20. The van der Waals surface area contributed by atoms with E-state index in [-0.39, 0.29) is 19.6 Å². The third-order valence-electron chi connectivity index (χ3n) is 2.00. The summed E-state index contributed by atoms with van der Waals surface area (Å²) in [4.78, 5) is 0. The molecule has 1 aromatic carbocycles. The molecule has 2 unspecified atom stereocenters. The minimum atomic E-state index is -0.691. The van der Waals surface area contributed by atoms with Crippen LogP contribution in [0.1, 0.15) is 6.42 Å². The summed E-state index contributed by atoms with van der Waals surface area (Å²) in [6.45, 7) is 0.323. The molecule has 0 amide bonds. The van der Waals surface area contributed by atoms with E-state index in [4.69, 9.17) is 10.5 Å². The molecule has 2 atom stereocenters. The maximum absolute atomic E-state index is 9.47. The zero-order chi connectivity index (χ0) is 11.1. The molecule has 4 nitrogen and oxygen atoms in total. The van der Waals surface area contributed by atoms with Crippen molar-refractivity contribution in [3.63, 3.8) is 0 Å². The van der Waals surface area contributed by atoms with Gasteiger partial charge in [-0.15, -0.1) is 0 Å². The highest BCUT2D eigenvalue weighted by Crippen LogP contribution is 2.09. The van der Waals surface area contributed by atoms with E-state index in [1.54, 1.807) is 0 Å². The molecule has 0 saturated heterocycles. The molecule has 84 valence electrons. The maximum Gasteiger partial charge on any atom is 0.119 e. The highest BCUT2D eigenvalue weighted by atomic mass is 16.5. The van der Waals surface area contributed by atoms with Crippen LogP contribution < -0.4 is 10.5 Å². The van der Waals surface area contributed by atoms with Crippen LogP contribution in [-0.4, -0.2) is 35.6 Å². The van der Waals surface area contributed by atoms with Crippen LogP contribution in [0.25, 0.3) is 0 Å². The van der Waals surface area contributed by atoms with Crippen molar-refractivity contribution >= 4 is 0 Å². The van der Waals surface area contributed by atoms with Gasteiger partial charge in [0.15, 0.2) is 0 Å². The Morgan fingerprint density at radius 3 is 2.40 bits per heavy atom. The lowest BCUT2D eigenvalue weighted by Crippen LogP contribution is -2.28. The van der Waals surface area contributed by atoms with Crippen LogP contribution in [0.4, 0.5) is 0 Å². The summed E-state index contributed by atoms with van der Waals surface area (Å²) in [5.74, 6) is 0.707. The lowest BCUT2D eigenvalue weighted by Gasteiger charge is -2.14. The normalized spacial score (nSPS) is 14.6. The summed E-state index contributed by atoms with van der Waals surface area (Å²) in [5, 5.41) is 18.7. The van der Waals surface area contributed by atoms with Gasteiger partial charge in [-0.2, -0.15) is 0 Å². The summed E-state index contributed by atoms with van der Waals surface area (Å²) in [6, 6.07) is 9.23. The molecular formula is C11H17NO3. The SMILES string of the molecule is NCC(O)CC(O)COc1ccccc1. The van der Waals surface area contributed by atoms with Gasteiger partial charge in [0.25, 0.3) is 0 Å². The molecule has 0 radical (unpaired) electrons. The monoisotopic (exact) mass is 211 g/mol. The fourth-order valence-corrected chi connectivity index (χ4v) is 1.19. The quantitative estimate of drug-likeness (QED) is 0.625. The van der Waals surface area contributed by atoms with Crippen LogP contribution in [0.5, 0.6) is 5.75 Å². The van der Waals surface area contributed by atoms with Gasteiger partial charge in [0.1, 0.15) is 12.4 Å². The molecule has 0 saturated carbocycles. The number of para-hydroxylation sites is 1. The Balaban J connectivity index is 2.25. The predicted molar refractivity (Wildman–Crippen MR) is 57.6 cm³/mol. The van der Waals surface area contributed by atoms with Crippen LogP contribution in [0.15, 0.2) is 30.3 Å². The molecule has 1 aromatic rings. The smallest absolute Gasteiger partial charge is 0.119 e. The summed E-state index contributed by atoms with van der Waals surface area (Å²) in [5.41, 5.74) is 5.23. The maximum atomic E-state index is 9.47. The van der Waals surface area contributed by atoms with Gasteiger partial charge in [-0.05, 0) is 12.1 Å². The van der Waals surface area contributed by atoms with Gasteiger partial charge in [-0.3, -0.25) is 0 Å². The van der Waals surface area contributed by atoms with Crippen molar-refractivity contribution in [2.75, 3.05) is 13.2 Å². The Morgan fingerprint density at radius 2 is 1.80 bits per heavy atom. The van der Waals surface area contributed by atoms with Gasteiger partial charge in [0.05, 0.1) is 12.2 Å². The minimum absolute atomic E-state index is 0.155. The average molecular weight is 211 g/mol. The van der Waals surface area contributed by atoms with E-state index in [0.717, 1.165) is 0 Å². The van der Waals surface area contributed by atoms with Crippen molar-refractivity contribution in [1.82, 2.24) is 0 Å². The van der Waals surface area contributed by atoms with Gasteiger partial charge in [0, 0.05) is 13.0 Å². The summed E-state index contributed by atoms with van der Waals surface area (Å²) in [7, 11) is 0.